The van der Waals surface area contributed by atoms with Crippen molar-refractivity contribution in [1.82, 2.24) is 15.0 Å². The van der Waals surface area contributed by atoms with Crippen molar-refractivity contribution in [3.8, 4) is 11.3 Å². The van der Waals surface area contributed by atoms with E-state index in [0.717, 1.165) is 30.6 Å². The monoisotopic (exact) mass is 403 g/mol. The average Bonchev–Trinajstić information content (AvgIpc) is 3.48. The van der Waals surface area contributed by atoms with Gasteiger partial charge in [0.15, 0.2) is 0 Å². The second-order valence-corrected chi connectivity index (χ2v) is 8.52. The molecule has 1 aliphatic rings. The lowest BCUT2D eigenvalue weighted by Gasteiger charge is -2.24. The minimum Gasteiger partial charge on any atom is -0.335 e. The lowest BCUT2D eigenvalue weighted by Crippen LogP contribution is -2.30. The third-order valence-corrected chi connectivity index (χ3v) is 6.55. The maximum Gasteiger partial charge on any atom is 0.259 e. The first-order valence-electron chi connectivity index (χ1n) is 9.80. The molecule has 5 rings (SSSR count). The van der Waals surface area contributed by atoms with E-state index >= 15 is 0 Å². The lowest BCUT2D eigenvalue weighted by molar-refractivity contribution is 0.0739. The molecule has 1 aliphatic heterocycles. The predicted octanol–water partition coefficient (Wildman–Crippen LogP) is 5.55. The summed E-state index contributed by atoms with van der Waals surface area (Å²) in [5, 5.41) is 6.86. The van der Waals surface area contributed by atoms with E-state index in [0.29, 0.717) is 22.4 Å². The van der Waals surface area contributed by atoms with E-state index in [9.17, 15) is 4.79 Å². The number of fused-ring (bicyclic) bond motifs is 1. The summed E-state index contributed by atoms with van der Waals surface area (Å²) >= 11 is 1.71. The highest BCUT2D eigenvalue weighted by Crippen LogP contribution is 2.37. The summed E-state index contributed by atoms with van der Waals surface area (Å²) in [5.41, 5.74) is 4.58. The number of likely N-dealkylation sites (tertiary alicyclic amines) is 1. The summed E-state index contributed by atoms with van der Waals surface area (Å²) in [7, 11) is 0. The Morgan fingerprint density at radius 1 is 1.21 bits per heavy atom. The number of thiophene rings is 1. The zero-order valence-electron chi connectivity index (χ0n) is 16.4. The van der Waals surface area contributed by atoms with Gasteiger partial charge in [-0.2, -0.15) is 0 Å². The Bertz CT molecular complexity index is 1180. The molecule has 1 saturated heterocycles. The van der Waals surface area contributed by atoms with E-state index in [1.54, 1.807) is 11.3 Å². The maximum absolute atomic E-state index is 13.7. The van der Waals surface area contributed by atoms with Gasteiger partial charge >= 0.3 is 0 Å². The Labute approximate surface area is 173 Å². The van der Waals surface area contributed by atoms with Crippen LogP contribution in [0.2, 0.25) is 0 Å². The molecule has 146 valence electrons. The Hall–Kier alpha value is -2.99. The van der Waals surface area contributed by atoms with Crippen LogP contribution in [0.3, 0.4) is 0 Å². The minimum atomic E-state index is 0.0213. The molecule has 0 spiro atoms. The number of nitrogens with zero attached hydrogens (tertiary/aromatic N) is 3. The van der Waals surface area contributed by atoms with Crippen molar-refractivity contribution in [1.29, 1.82) is 0 Å². The molecule has 0 bridgehead atoms. The molecule has 4 heterocycles. The van der Waals surface area contributed by atoms with E-state index in [1.165, 1.54) is 10.4 Å². The standard InChI is InChI=1S/C23H21N3O2S/c1-14-7-9-16(10-8-14)18-13-17(21-15(2)25-28-22(21)24-18)23(27)26-11-3-5-19(26)20-6-4-12-29-20/h4,6-10,12-13,19H,3,5,11H2,1-2H3. The van der Waals surface area contributed by atoms with E-state index in [4.69, 9.17) is 4.52 Å². The van der Waals surface area contributed by atoms with Gasteiger partial charge in [-0.25, -0.2) is 4.98 Å². The molecule has 4 aromatic rings. The molecule has 1 aromatic carbocycles. The van der Waals surface area contributed by atoms with Crippen molar-refractivity contribution < 1.29 is 9.32 Å². The van der Waals surface area contributed by atoms with Crippen LogP contribution in [0.15, 0.2) is 52.4 Å². The number of aromatic nitrogens is 2. The van der Waals surface area contributed by atoms with Crippen LogP contribution in [-0.2, 0) is 0 Å². The molecule has 0 saturated carbocycles. The van der Waals surface area contributed by atoms with Gasteiger partial charge < -0.3 is 9.42 Å². The van der Waals surface area contributed by atoms with Gasteiger partial charge in [0.2, 0.25) is 0 Å². The Morgan fingerprint density at radius 3 is 2.79 bits per heavy atom. The molecular formula is C23H21N3O2S. The number of pyridine rings is 1. The highest BCUT2D eigenvalue weighted by Gasteiger charge is 2.33. The molecule has 1 amide bonds. The van der Waals surface area contributed by atoms with Gasteiger partial charge in [-0.05, 0) is 44.2 Å². The number of amides is 1. The fourth-order valence-corrected chi connectivity index (χ4v) is 4.95. The SMILES string of the molecule is Cc1ccc(-c2cc(C(=O)N3CCCC3c3cccs3)c3c(C)noc3n2)cc1. The zero-order chi connectivity index (χ0) is 20.0. The smallest absolute Gasteiger partial charge is 0.259 e. The van der Waals surface area contributed by atoms with Crippen LogP contribution >= 0.6 is 11.3 Å². The highest BCUT2D eigenvalue weighted by atomic mass is 32.1. The molecule has 6 heteroatoms. The van der Waals surface area contributed by atoms with Crippen LogP contribution in [0, 0.1) is 13.8 Å². The van der Waals surface area contributed by atoms with Crippen LogP contribution < -0.4 is 0 Å². The molecule has 1 atom stereocenters. The second-order valence-electron chi connectivity index (χ2n) is 7.54. The lowest BCUT2D eigenvalue weighted by atomic mass is 10.0. The highest BCUT2D eigenvalue weighted by molar-refractivity contribution is 7.10. The molecule has 1 fully saturated rings. The van der Waals surface area contributed by atoms with Gasteiger partial charge in [0.05, 0.1) is 28.4 Å². The summed E-state index contributed by atoms with van der Waals surface area (Å²) in [5.74, 6) is 0.0213. The van der Waals surface area contributed by atoms with Crippen LogP contribution in [0.5, 0.6) is 0 Å². The molecule has 0 radical (unpaired) electrons. The summed E-state index contributed by atoms with van der Waals surface area (Å²) in [6, 6.07) is 14.3. The first kappa shape index (κ1) is 18.1. The molecule has 0 N–H and O–H groups in total. The van der Waals surface area contributed by atoms with Crippen molar-refractivity contribution >= 4 is 28.3 Å². The number of rotatable bonds is 3. The number of hydrogen-bond acceptors (Lipinski definition) is 5. The number of aryl methyl sites for hydroxylation is 2. The van der Waals surface area contributed by atoms with Crippen molar-refractivity contribution in [3.05, 3.63) is 69.5 Å². The summed E-state index contributed by atoms with van der Waals surface area (Å²) in [4.78, 5) is 21.6. The molecular weight excluding hydrogens is 382 g/mol. The summed E-state index contributed by atoms with van der Waals surface area (Å²) in [6.07, 6.45) is 2.00. The molecule has 1 unspecified atom stereocenters. The van der Waals surface area contributed by atoms with Crippen LogP contribution in [0.4, 0.5) is 0 Å². The number of carbonyl (C=O) groups excluding carboxylic acids is 1. The van der Waals surface area contributed by atoms with Crippen molar-refractivity contribution in [2.45, 2.75) is 32.7 Å². The predicted molar refractivity (Wildman–Crippen MR) is 114 cm³/mol. The Balaban J connectivity index is 1.62. The Kier molecular flexibility index (Phi) is 4.43. The van der Waals surface area contributed by atoms with Crippen LogP contribution in [0.25, 0.3) is 22.4 Å². The van der Waals surface area contributed by atoms with E-state index in [-0.39, 0.29) is 11.9 Å². The summed E-state index contributed by atoms with van der Waals surface area (Å²) < 4.78 is 5.46. The van der Waals surface area contributed by atoms with E-state index in [1.807, 2.05) is 55.1 Å². The fourth-order valence-electron chi connectivity index (χ4n) is 4.08. The zero-order valence-corrected chi connectivity index (χ0v) is 17.2. The van der Waals surface area contributed by atoms with Crippen molar-refractivity contribution in [2.75, 3.05) is 6.54 Å². The van der Waals surface area contributed by atoms with Gasteiger partial charge in [0.1, 0.15) is 0 Å². The number of hydrogen-bond donors (Lipinski definition) is 0. The molecule has 0 aliphatic carbocycles. The van der Waals surface area contributed by atoms with E-state index < -0.39 is 0 Å². The van der Waals surface area contributed by atoms with E-state index in [2.05, 4.69) is 21.6 Å². The molecule has 5 nitrogen and oxygen atoms in total. The van der Waals surface area contributed by atoms with Crippen LogP contribution in [0.1, 0.15) is 45.4 Å². The minimum absolute atomic E-state index is 0.0213. The van der Waals surface area contributed by atoms with Gasteiger partial charge in [-0.1, -0.05) is 41.1 Å². The summed E-state index contributed by atoms with van der Waals surface area (Å²) in [6.45, 7) is 4.67. The van der Waals surface area contributed by atoms with Gasteiger partial charge in [-0.3, -0.25) is 4.79 Å². The number of carbonyl (C=O) groups is 1. The molecule has 3 aromatic heterocycles. The van der Waals surface area contributed by atoms with Crippen molar-refractivity contribution in [2.24, 2.45) is 0 Å². The van der Waals surface area contributed by atoms with Gasteiger partial charge in [0, 0.05) is 17.0 Å². The topological polar surface area (TPSA) is 59.2 Å². The van der Waals surface area contributed by atoms with Crippen LogP contribution in [-0.4, -0.2) is 27.5 Å². The Morgan fingerprint density at radius 2 is 2.03 bits per heavy atom. The fraction of sp³-hybridized carbons (Fsp3) is 0.261. The second kappa shape index (κ2) is 7.12. The third-order valence-electron chi connectivity index (χ3n) is 5.58. The molecule has 29 heavy (non-hydrogen) atoms. The first-order valence-corrected chi connectivity index (χ1v) is 10.7. The normalized spacial score (nSPS) is 16.6. The average molecular weight is 404 g/mol. The number of benzene rings is 1. The third kappa shape index (κ3) is 3.13. The largest absolute Gasteiger partial charge is 0.335 e. The quantitative estimate of drug-likeness (QED) is 0.450. The van der Waals surface area contributed by atoms with Gasteiger partial charge in [-0.15, -0.1) is 11.3 Å². The maximum atomic E-state index is 13.7. The van der Waals surface area contributed by atoms with Crippen molar-refractivity contribution in [3.63, 3.8) is 0 Å². The first-order chi connectivity index (χ1) is 14.1. The van der Waals surface area contributed by atoms with Gasteiger partial charge in [0.25, 0.3) is 11.6 Å².